The minimum Gasteiger partial charge on any atom is -0.495 e. The van der Waals surface area contributed by atoms with Crippen molar-refractivity contribution < 1.29 is 9.53 Å². The molecule has 2 bridgehead atoms. The molecule has 2 aliphatic rings. The molecular formula is C21H24N6O3S. The number of hydrogen-bond donors (Lipinski definition) is 3. The van der Waals surface area contributed by atoms with Crippen LogP contribution in [0.2, 0.25) is 0 Å². The highest BCUT2D eigenvalue weighted by Crippen LogP contribution is 2.50. The van der Waals surface area contributed by atoms with E-state index in [9.17, 15) is 9.70 Å². The first-order valence-electron chi connectivity index (χ1n) is 9.99. The Morgan fingerprint density at radius 1 is 1.45 bits per heavy atom. The lowest BCUT2D eigenvalue weighted by atomic mass is 9.80. The van der Waals surface area contributed by atoms with Gasteiger partial charge in [0.05, 0.1) is 12.7 Å². The van der Waals surface area contributed by atoms with Crippen molar-refractivity contribution in [2.75, 3.05) is 7.11 Å². The number of ether oxygens (including phenoxy) is 1. The zero-order chi connectivity index (χ0) is 22.0. The normalized spacial score (nSPS) is 25.2. The van der Waals surface area contributed by atoms with Crippen LogP contribution in [-0.4, -0.2) is 41.2 Å². The fraction of sp³-hybridized carbons (Fsp3) is 0.381. The van der Waals surface area contributed by atoms with Gasteiger partial charge in [-0.05, 0) is 31.0 Å². The molecule has 4 N–H and O–H groups in total. The van der Waals surface area contributed by atoms with Crippen LogP contribution in [0, 0.1) is 10.3 Å². The predicted octanol–water partition coefficient (Wildman–Crippen LogP) is 3.03. The Hall–Kier alpha value is -3.11. The zero-order valence-electron chi connectivity index (χ0n) is 17.1. The van der Waals surface area contributed by atoms with Crippen molar-refractivity contribution in [1.82, 2.24) is 15.3 Å². The molecular weight excluding hydrogens is 416 g/mol. The second-order valence-corrected chi connectivity index (χ2v) is 8.70. The summed E-state index contributed by atoms with van der Waals surface area (Å²) in [6.07, 6.45) is 6.83. The highest BCUT2D eigenvalue weighted by Gasteiger charge is 2.53. The lowest BCUT2D eigenvalue weighted by Gasteiger charge is -2.42. The highest BCUT2D eigenvalue weighted by molar-refractivity contribution is 7.11. The van der Waals surface area contributed by atoms with E-state index in [-0.39, 0.29) is 18.0 Å². The first-order valence-corrected chi connectivity index (χ1v) is 10.9. The van der Waals surface area contributed by atoms with E-state index in [0.29, 0.717) is 35.4 Å². The Labute approximate surface area is 183 Å². The van der Waals surface area contributed by atoms with Crippen LogP contribution in [0.15, 0.2) is 41.2 Å². The van der Waals surface area contributed by atoms with E-state index in [4.69, 9.17) is 16.0 Å². The number of methoxy groups -OCH3 is 1. The van der Waals surface area contributed by atoms with Gasteiger partial charge >= 0.3 is 0 Å². The summed E-state index contributed by atoms with van der Waals surface area (Å²) in [6.45, 7) is 0. The van der Waals surface area contributed by atoms with Crippen LogP contribution in [0.25, 0.3) is 5.57 Å². The summed E-state index contributed by atoms with van der Waals surface area (Å²) in [5, 5.41) is 12.9. The molecule has 2 aliphatic heterocycles. The number of nitrogens with one attached hydrogen (secondary N) is 2. The number of pyridine rings is 1. The Balaban J connectivity index is 1.61. The van der Waals surface area contributed by atoms with Crippen LogP contribution >= 0.6 is 11.3 Å². The van der Waals surface area contributed by atoms with Crippen LogP contribution in [0.1, 0.15) is 46.6 Å². The lowest BCUT2D eigenvalue weighted by Crippen LogP contribution is -2.51. The summed E-state index contributed by atoms with van der Waals surface area (Å²) in [5.41, 5.74) is 3.14. The number of piperidine rings is 1. The number of thiophene rings is 1. The molecule has 1 amide bonds. The van der Waals surface area contributed by atoms with Gasteiger partial charge in [-0.1, -0.05) is 5.18 Å². The average molecular weight is 441 g/mol. The molecule has 9 nitrogen and oxygen atoms in total. The minimum atomic E-state index is -1.00. The molecule has 2 saturated heterocycles. The summed E-state index contributed by atoms with van der Waals surface area (Å²) in [6, 6.07) is 5.14. The van der Waals surface area contributed by atoms with E-state index in [2.05, 4.69) is 15.6 Å². The maximum Gasteiger partial charge on any atom is 0.255 e. The first-order chi connectivity index (χ1) is 15.1. The van der Waals surface area contributed by atoms with Crippen molar-refractivity contribution in [3.8, 4) is 5.75 Å². The third-order valence-electron chi connectivity index (χ3n) is 6.13. The van der Waals surface area contributed by atoms with Gasteiger partial charge in [-0.2, -0.15) is 0 Å². The van der Waals surface area contributed by atoms with Gasteiger partial charge in [-0.15, -0.1) is 16.2 Å². The number of amides is 1. The molecule has 0 radical (unpaired) electrons. The molecule has 2 fully saturated rings. The molecule has 31 heavy (non-hydrogen) atoms. The van der Waals surface area contributed by atoms with Gasteiger partial charge in [0.15, 0.2) is 5.54 Å². The summed E-state index contributed by atoms with van der Waals surface area (Å²) in [4.78, 5) is 32.6. The number of rotatable bonds is 7. The quantitative estimate of drug-likeness (QED) is 0.262. The van der Waals surface area contributed by atoms with Gasteiger partial charge in [0.2, 0.25) is 0 Å². The molecule has 0 aromatic carbocycles. The Bertz CT molecular complexity index is 1020. The summed E-state index contributed by atoms with van der Waals surface area (Å²) in [7, 11) is 1.55. The van der Waals surface area contributed by atoms with Crippen molar-refractivity contribution in [3.05, 3.63) is 57.0 Å². The monoisotopic (exact) mass is 440 g/mol. The summed E-state index contributed by atoms with van der Waals surface area (Å²) >= 11 is 1.39. The van der Waals surface area contributed by atoms with Crippen LogP contribution in [-0.2, 0) is 5.54 Å². The number of carbonyl (C=O) groups is 1. The SMILES string of the molecule is COc1cccnc1C1(N=O)CC2CCC(C1)N2C(=O)c1csc(/C(C=N)=C/NN)c1. The molecule has 0 aliphatic carbocycles. The number of hydrazine groups is 1. The van der Waals surface area contributed by atoms with Crippen molar-refractivity contribution in [1.29, 1.82) is 5.41 Å². The Kier molecular flexibility index (Phi) is 5.84. The molecule has 2 unspecified atom stereocenters. The van der Waals surface area contributed by atoms with Crippen molar-refractivity contribution in [2.24, 2.45) is 11.0 Å². The van der Waals surface area contributed by atoms with Crippen LogP contribution < -0.4 is 16.0 Å². The first kappa shape index (κ1) is 21.1. The third-order valence-corrected chi connectivity index (χ3v) is 7.11. The van der Waals surface area contributed by atoms with E-state index in [1.54, 1.807) is 36.9 Å². The third kappa shape index (κ3) is 3.61. The number of nitrogens with two attached hydrogens (primary N) is 1. The summed E-state index contributed by atoms with van der Waals surface area (Å²) in [5.74, 6) is 5.81. The Morgan fingerprint density at radius 3 is 2.81 bits per heavy atom. The van der Waals surface area contributed by atoms with Crippen LogP contribution in [0.5, 0.6) is 5.75 Å². The molecule has 10 heteroatoms. The molecule has 2 aromatic heterocycles. The van der Waals surface area contributed by atoms with Gasteiger partial charge in [0, 0.05) is 59.4 Å². The highest BCUT2D eigenvalue weighted by atomic mass is 32.1. The topological polar surface area (TPSA) is 134 Å². The van der Waals surface area contributed by atoms with Gasteiger partial charge in [-0.25, -0.2) is 0 Å². The maximum absolute atomic E-state index is 13.4. The standard InChI is InChI=1S/C21H24N6O3S/c1-30-17-3-2-6-24-19(17)21(26-29)8-15-4-5-16(9-21)27(15)20(28)13-7-18(31-12-13)14(10-22)11-25-23/h2-3,6-7,10-12,15-16,22,25H,4-5,8-9,23H2,1H3/b14-11+,22-10?. The minimum absolute atomic E-state index is 0.0625. The van der Waals surface area contributed by atoms with Crippen molar-refractivity contribution in [2.45, 2.75) is 43.3 Å². The maximum atomic E-state index is 13.4. The van der Waals surface area contributed by atoms with E-state index in [1.807, 2.05) is 4.90 Å². The van der Waals surface area contributed by atoms with Gasteiger partial charge in [-0.3, -0.25) is 15.6 Å². The number of nitroso groups, excluding NO2 is 1. The number of fused-ring (bicyclic) bond motifs is 2. The van der Waals surface area contributed by atoms with Gasteiger partial charge < -0.3 is 20.5 Å². The van der Waals surface area contributed by atoms with Gasteiger partial charge in [0.1, 0.15) is 11.4 Å². The van der Waals surface area contributed by atoms with Crippen molar-refractivity contribution >= 4 is 29.0 Å². The van der Waals surface area contributed by atoms with E-state index in [0.717, 1.165) is 17.7 Å². The van der Waals surface area contributed by atoms with Gasteiger partial charge in [0.25, 0.3) is 5.91 Å². The molecule has 0 saturated carbocycles. The Morgan fingerprint density at radius 2 is 2.19 bits per heavy atom. The zero-order valence-corrected chi connectivity index (χ0v) is 17.9. The second kappa shape index (κ2) is 8.56. The predicted molar refractivity (Wildman–Crippen MR) is 119 cm³/mol. The second-order valence-electron chi connectivity index (χ2n) is 7.79. The molecule has 4 heterocycles. The van der Waals surface area contributed by atoms with E-state index < -0.39 is 5.54 Å². The smallest absolute Gasteiger partial charge is 0.255 e. The average Bonchev–Trinajstić information content (AvgIpc) is 3.40. The number of allylic oxidation sites excluding steroid dienone is 1. The van der Waals surface area contributed by atoms with Crippen LogP contribution in [0.3, 0.4) is 0 Å². The number of hydrogen-bond acceptors (Lipinski definition) is 9. The van der Waals surface area contributed by atoms with E-state index in [1.165, 1.54) is 23.8 Å². The van der Waals surface area contributed by atoms with Crippen molar-refractivity contribution in [3.63, 3.8) is 0 Å². The molecule has 2 aromatic rings. The number of nitrogens with zero attached hydrogens (tertiary/aromatic N) is 3. The largest absolute Gasteiger partial charge is 0.495 e. The molecule has 2 atom stereocenters. The molecule has 162 valence electrons. The fourth-order valence-electron chi connectivity index (χ4n) is 4.79. The molecule has 0 spiro atoms. The van der Waals surface area contributed by atoms with Crippen LogP contribution in [0.4, 0.5) is 0 Å². The number of carbonyl (C=O) groups excluding carboxylic acids is 1. The lowest BCUT2D eigenvalue weighted by molar-refractivity contribution is 0.0473. The van der Waals surface area contributed by atoms with E-state index >= 15 is 0 Å². The summed E-state index contributed by atoms with van der Waals surface area (Å²) < 4.78 is 5.44. The fourth-order valence-corrected chi connectivity index (χ4v) is 5.67. The number of aromatic nitrogens is 1. The molecule has 4 rings (SSSR count).